The van der Waals surface area contributed by atoms with Gasteiger partial charge in [0.2, 0.25) is 10.0 Å². The predicted octanol–water partition coefficient (Wildman–Crippen LogP) is 2.71. The number of rotatable bonds is 8. The Morgan fingerprint density at radius 1 is 1.23 bits per heavy atom. The molecule has 0 aromatic heterocycles. The van der Waals surface area contributed by atoms with Crippen LogP contribution in [0.15, 0.2) is 47.6 Å². The number of amides is 1. The molecule has 1 aliphatic heterocycles. The van der Waals surface area contributed by atoms with Crippen molar-refractivity contribution in [3.8, 4) is 5.75 Å². The summed E-state index contributed by atoms with van der Waals surface area (Å²) in [6, 6.07) is 12.8. The molecule has 0 spiro atoms. The molecular formula is C21H25N3O4S2. The molecule has 1 heterocycles. The number of hydrogen-bond donors (Lipinski definition) is 1. The van der Waals surface area contributed by atoms with E-state index in [9.17, 15) is 13.2 Å². The Bertz CT molecular complexity index is 1030. The maximum Gasteiger partial charge on any atom is 0.260 e. The Kier molecular flexibility index (Phi) is 7.04. The van der Waals surface area contributed by atoms with Gasteiger partial charge in [0.1, 0.15) is 18.4 Å². The van der Waals surface area contributed by atoms with Crippen molar-refractivity contribution in [2.75, 3.05) is 28.6 Å². The third kappa shape index (κ3) is 5.99. The van der Waals surface area contributed by atoms with Crippen molar-refractivity contribution in [1.82, 2.24) is 5.43 Å². The number of ether oxygens (including phenoxy) is 1. The summed E-state index contributed by atoms with van der Waals surface area (Å²) in [5, 5.41) is 3.93. The van der Waals surface area contributed by atoms with Gasteiger partial charge >= 0.3 is 0 Å². The van der Waals surface area contributed by atoms with Crippen LogP contribution in [0.1, 0.15) is 16.7 Å². The summed E-state index contributed by atoms with van der Waals surface area (Å²) in [7, 11) is -3.63. The van der Waals surface area contributed by atoms with Crippen molar-refractivity contribution < 1.29 is 17.9 Å². The Morgan fingerprint density at radius 2 is 1.93 bits per heavy atom. The first kappa shape index (κ1) is 22.2. The molecule has 1 N–H and O–H groups in total. The number of hydrazone groups is 1. The van der Waals surface area contributed by atoms with Crippen LogP contribution in [0.5, 0.6) is 5.75 Å². The zero-order valence-electron chi connectivity index (χ0n) is 17.2. The molecule has 0 unspecified atom stereocenters. The fourth-order valence-corrected chi connectivity index (χ4v) is 4.40. The summed E-state index contributed by atoms with van der Waals surface area (Å²) in [6.07, 6.45) is 2.86. The lowest BCUT2D eigenvalue weighted by atomic mass is 10.1. The summed E-state index contributed by atoms with van der Waals surface area (Å²) in [4.78, 5) is 12.3. The molecule has 2 aromatic carbocycles. The largest absolute Gasteiger partial charge is 0.489 e. The summed E-state index contributed by atoms with van der Waals surface area (Å²) in [6.45, 7) is 3.38. The van der Waals surface area contributed by atoms with Crippen LogP contribution in [-0.4, -0.2) is 50.9 Å². The van der Waals surface area contributed by atoms with Crippen LogP contribution in [-0.2, 0) is 14.8 Å². The lowest BCUT2D eigenvalue weighted by Crippen LogP contribution is -2.39. The highest BCUT2D eigenvalue weighted by Crippen LogP contribution is 2.24. The average molecular weight is 448 g/mol. The predicted molar refractivity (Wildman–Crippen MR) is 122 cm³/mol. The number of thioether (sulfide) groups is 1. The van der Waals surface area contributed by atoms with Gasteiger partial charge in [-0.1, -0.05) is 17.7 Å². The van der Waals surface area contributed by atoms with Crippen LogP contribution in [0.4, 0.5) is 5.69 Å². The van der Waals surface area contributed by atoms with E-state index in [-0.39, 0.29) is 12.6 Å². The number of anilines is 1. The summed E-state index contributed by atoms with van der Waals surface area (Å²) in [5.41, 5.74) is 5.45. The van der Waals surface area contributed by atoms with Gasteiger partial charge in [0.05, 0.1) is 18.2 Å². The second-order valence-corrected chi connectivity index (χ2v) is 10.2. The second-order valence-electron chi connectivity index (χ2n) is 7.20. The quantitative estimate of drug-likeness (QED) is 0.497. The molecule has 9 heteroatoms. The van der Waals surface area contributed by atoms with Gasteiger partial charge in [0, 0.05) is 11.5 Å². The minimum absolute atomic E-state index is 0.281. The van der Waals surface area contributed by atoms with Crippen LogP contribution < -0.4 is 14.5 Å². The standard InChI is InChI=1S/C21H25N3O4S2/c1-15-4-9-20(16(2)10-15)24(30(3,26)27)12-21(25)23-22-11-17-5-7-18(8-6-17)28-19-13-29-14-19/h4-11,19H,12-14H2,1-3H3,(H,23,25)/b22-11-. The van der Waals surface area contributed by atoms with Crippen molar-refractivity contribution in [1.29, 1.82) is 0 Å². The van der Waals surface area contributed by atoms with Gasteiger partial charge in [-0.05, 0) is 55.3 Å². The van der Waals surface area contributed by atoms with Crippen LogP contribution in [0, 0.1) is 13.8 Å². The van der Waals surface area contributed by atoms with Crippen molar-refractivity contribution in [2.24, 2.45) is 5.10 Å². The average Bonchev–Trinajstić information content (AvgIpc) is 2.64. The van der Waals surface area contributed by atoms with E-state index in [0.717, 1.165) is 44.5 Å². The maximum absolute atomic E-state index is 12.3. The number of carbonyl (C=O) groups is 1. The lowest BCUT2D eigenvalue weighted by molar-refractivity contribution is -0.119. The van der Waals surface area contributed by atoms with E-state index in [1.165, 1.54) is 6.21 Å². The van der Waals surface area contributed by atoms with E-state index in [0.29, 0.717) is 5.69 Å². The number of nitrogens with one attached hydrogen (secondary N) is 1. The SMILES string of the molecule is Cc1ccc(N(CC(=O)N/N=C\c2ccc(OC3CSC3)cc2)S(C)(=O)=O)c(C)c1. The van der Waals surface area contributed by atoms with E-state index in [4.69, 9.17) is 4.74 Å². The first-order valence-electron chi connectivity index (χ1n) is 9.44. The molecule has 160 valence electrons. The van der Waals surface area contributed by atoms with Crippen LogP contribution in [0.3, 0.4) is 0 Å². The molecule has 30 heavy (non-hydrogen) atoms. The molecule has 0 atom stereocenters. The van der Waals surface area contributed by atoms with E-state index in [1.54, 1.807) is 6.07 Å². The van der Waals surface area contributed by atoms with Crippen molar-refractivity contribution in [3.63, 3.8) is 0 Å². The van der Waals surface area contributed by atoms with Crippen LogP contribution in [0.25, 0.3) is 0 Å². The summed E-state index contributed by atoms with van der Waals surface area (Å²) < 4.78 is 31.3. The number of carbonyl (C=O) groups excluding carboxylic acids is 1. The Labute approximate surface area is 181 Å². The topological polar surface area (TPSA) is 88.1 Å². The van der Waals surface area contributed by atoms with Gasteiger partial charge in [0.15, 0.2) is 0 Å². The molecule has 1 fully saturated rings. The Hall–Kier alpha value is -2.52. The molecule has 0 saturated carbocycles. The van der Waals surface area contributed by atoms with Crippen molar-refractivity contribution >= 4 is 39.6 Å². The number of nitrogens with zero attached hydrogens (tertiary/aromatic N) is 2. The van der Waals surface area contributed by atoms with E-state index >= 15 is 0 Å². The second kappa shape index (κ2) is 9.53. The monoisotopic (exact) mass is 447 g/mol. The molecule has 1 aliphatic rings. The minimum atomic E-state index is -3.63. The van der Waals surface area contributed by atoms with Gasteiger partial charge < -0.3 is 4.74 Å². The highest BCUT2D eigenvalue weighted by molar-refractivity contribution is 8.00. The fourth-order valence-electron chi connectivity index (χ4n) is 2.92. The number of hydrogen-bond acceptors (Lipinski definition) is 6. The summed E-state index contributed by atoms with van der Waals surface area (Å²) in [5.74, 6) is 2.31. The highest BCUT2D eigenvalue weighted by atomic mass is 32.2. The van der Waals surface area contributed by atoms with Gasteiger partial charge in [-0.2, -0.15) is 16.9 Å². The van der Waals surface area contributed by atoms with Crippen LogP contribution in [0.2, 0.25) is 0 Å². The number of benzene rings is 2. The third-order valence-electron chi connectivity index (χ3n) is 4.50. The molecule has 7 nitrogen and oxygen atoms in total. The van der Waals surface area contributed by atoms with E-state index < -0.39 is 15.9 Å². The smallest absolute Gasteiger partial charge is 0.260 e. The molecule has 2 aromatic rings. The molecule has 1 amide bonds. The Morgan fingerprint density at radius 3 is 2.50 bits per heavy atom. The maximum atomic E-state index is 12.3. The number of aryl methyl sites for hydroxylation is 2. The van der Waals surface area contributed by atoms with Gasteiger partial charge in [-0.3, -0.25) is 9.10 Å². The van der Waals surface area contributed by atoms with Crippen molar-refractivity contribution in [2.45, 2.75) is 20.0 Å². The Balaban J connectivity index is 1.60. The normalized spacial score (nSPS) is 14.4. The molecule has 3 rings (SSSR count). The first-order chi connectivity index (χ1) is 14.2. The number of sulfonamides is 1. The van der Waals surface area contributed by atoms with Gasteiger partial charge in [-0.15, -0.1) is 0 Å². The summed E-state index contributed by atoms with van der Waals surface area (Å²) >= 11 is 1.86. The molecule has 0 bridgehead atoms. The van der Waals surface area contributed by atoms with Crippen LogP contribution >= 0.6 is 11.8 Å². The third-order valence-corrected chi connectivity index (χ3v) is 6.84. The van der Waals surface area contributed by atoms with Gasteiger partial charge in [-0.25, -0.2) is 13.8 Å². The molecule has 0 radical (unpaired) electrons. The lowest BCUT2D eigenvalue weighted by Gasteiger charge is -2.25. The van der Waals surface area contributed by atoms with Crippen molar-refractivity contribution in [3.05, 3.63) is 59.2 Å². The first-order valence-corrected chi connectivity index (χ1v) is 12.4. The zero-order chi connectivity index (χ0) is 21.7. The molecular weight excluding hydrogens is 422 g/mol. The van der Waals surface area contributed by atoms with E-state index in [1.807, 2.05) is 62.0 Å². The highest BCUT2D eigenvalue weighted by Gasteiger charge is 2.22. The molecule has 0 aliphatic carbocycles. The van der Waals surface area contributed by atoms with E-state index in [2.05, 4.69) is 10.5 Å². The fraction of sp³-hybridized carbons (Fsp3) is 0.333. The zero-order valence-corrected chi connectivity index (χ0v) is 18.8. The van der Waals surface area contributed by atoms with Gasteiger partial charge in [0.25, 0.3) is 5.91 Å². The molecule has 1 saturated heterocycles. The minimum Gasteiger partial charge on any atom is -0.489 e.